The van der Waals surface area contributed by atoms with Gasteiger partial charge in [0, 0.05) is 17.5 Å². The Morgan fingerprint density at radius 3 is 2.75 bits per heavy atom. The molecule has 0 bridgehead atoms. The highest BCUT2D eigenvalue weighted by atomic mass is 16.7. The summed E-state index contributed by atoms with van der Waals surface area (Å²) < 4.78 is 16.5. The number of aryl methyl sites for hydroxylation is 1. The number of ether oxygens (including phenoxy) is 3. The van der Waals surface area contributed by atoms with E-state index in [1.165, 1.54) is 42.4 Å². The molecular weight excluding hydrogens is 352 g/mol. The van der Waals surface area contributed by atoms with E-state index in [4.69, 9.17) is 19.2 Å². The molecule has 28 heavy (non-hydrogen) atoms. The molecule has 0 amide bonds. The molecule has 5 nitrogen and oxygen atoms in total. The lowest BCUT2D eigenvalue weighted by molar-refractivity contribution is 0.171. The van der Waals surface area contributed by atoms with E-state index >= 15 is 0 Å². The molecule has 5 rings (SSSR count). The SMILES string of the molecule is COc1cc(-c2cc(C)c3cc(CN4CCCC4)ccc3n2)cc2c1OCO2. The van der Waals surface area contributed by atoms with Crippen LogP contribution in [0.1, 0.15) is 24.0 Å². The minimum atomic E-state index is 0.221. The Hall–Kier alpha value is -2.79. The number of fused-ring (bicyclic) bond motifs is 2. The molecular formula is C23H24N2O3. The van der Waals surface area contributed by atoms with Crippen molar-refractivity contribution in [2.75, 3.05) is 27.0 Å². The Morgan fingerprint density at radius 2 is 1.93 bits per heavy atom. The second-order valence-corrected chi connectivity index (χ2v) is 7.57. The molecule has 0 unspecified atom stereocenters. The number of likely N-dealkylation sites (tertiary alicyclic amines) is 1. The summed E-state index contributed by atoms with van der Waals surface area (Å²) in [6.07, 6.45) is 2.63. The maximum Gasteiger partial charge on any atom is 0.231 e. The van der Waals surface area contributed by atoms with Crippen LogP contribution in [0, 0.1) is 6.92 Å². The zero-order chi connectivity index (χ0) is 19.1. The van der Waals surface area contributed by atoms with Gasteiger partial charge in [-0.25, -0.2) is 4.98 Å². The number of hydrogen-bond donors (Lipinski definition) is 0. The van der Waals surface area contributed by atoms with Crippen molar-refractivity contribution in [2.45, 2.75) is 26.3 Å². The fourth-order valence-electron chi connectivity index (χ4n) is 4.16. The first-order chi connectivity index (χ1) is 13.7. The molecule has 1 aromatic heterocycles. The molecule has 0 radical (unpaired) electrons. The van der Waals surface area contributed by atoms with Gasteiger partial charge in [-0.15, -0.1) is 0 Å². The maximum absolute atomic E-state index is 5.57. The standard InChI is InChI=1S/C23H24N2O3/c1-15-9-20(17-11-21(26-2)23-22(12-17)27-14-28-23)24-19-6-5-16(10-18(15)19)13-25-7-3-4-8-25/h5-6,9-12H,3-4,7-8,13-14H2,1-2H3. The Kier molecular flexibility index (Phi) is 4.32. The van der Waals surface area contributed by atoms with Crippen LogP contribution in [0.25, 0.3) is 22.2 Å². The normalized spacial score (nSPS) is 16.1. The lowest BCUT2D eigenvalue weighted by Crippen LogP contribution is -2.18. The van der Waals surface area contributed by atoms with E-state index in [9.17, 15) is 0 Å². The van der Waals surface area contributed by atoms with Crippen LogP contribution in [0.15, 0.2) is 36.4 Å². The lowest BCUT2D eigenvalue weighted by atomic mass is 10.0. The predicted molar refractivity (Wildman–Crippen MR) is 109 cm³/mol. The highest BCUT2D eigenvalue weighted by Gasteiger charge is 2.21. The van der Waals surface area contributed by atoms with Crippen LogP contribution in [-0.4, -0.2) is 36.9 Å². The van der Waals surface area contributed by atoms with E-state index in [-0.39, 0.29) is 6.79 Å². The number of methoxy groups -OCH3 is 1. The van der Waals surface area contributed by atoms with Crippen molar-refractivity contribution in [3.05, 3.63) is 47.5 Å². The van der Waals surface area contributed by atoms with Crippen LogP contribution in [0.4, 0.5) is 0 Å². The molecule has 0 saturated carbocycles. The van der Waals surface area contributed by atoms with Crippen LogP contribution in [0.3, 0.4) is 0 Å². The lowest BCUT2D eigenvalue weighted by Gasteiger charge is -2.15. The highest BCUT2D eigenvalue weighted by molar-refractivity contribution is 5.86. The molecule has 0 spiro atoms. The van der Waals surface area contributed by atoms with Gasteiger partial charge in [-0.2, -0.15) is 0 Å². The minimum Gasteiger partial charge on any atom is -0.493 e. The van der Waals surface area contributed by atoms with Crippen molar-refractivity contribution < 1.29 is 14.2 Å². The van der Waals surface area contributed by atoms with Crippen molar-refractivity contribution >= 4 is 10.9 Å². The van der Waals surface area contributed by atoms with E-state index in [0.29, 0.717) is 17.2 Å². The molecule has 0 N–H and O–H groups in total. The zero-order valence-electron chi connectivity index (χ0n) is 16.3. The second-order valence-electron chi connectivity index (χ2n) is 7.57. The Bertz CT molecular complexity index is 1040. The van der Waals surface area contributed by atoms with E-state index < -0.39 is 0 Å². The minimum absolute atomic E-state index is 0.221. The summed E-state index contributed by atoms with van der Waals surface area (Å²) in [5.74, 6) is 2.04. The Balaban J connectivity index is 1.53. The van der Waals surface area contributed by atoms with Crippen LogP contribution in [0.5, 0.6) is 17.2 Å². The molecule has 3 heterocycles. The summed E-state index contributed by atoms with van der Waals surface area (Å²) in [7, 11) is 1.64. The first kappa shape index (κ1) is 17.3. The van der Waals surface area contributed by atoms with Gasteiger partial charge in [-0.05, 0) is 74.3 Å². The topological polar surface area (TPSA) is 43.8 Å². The van der Waals surface area contributed by atoms with Crippen molar-refractivity contribution in [3.63, 3.8) is 0 Å². The van der Waals surface area contributed by atoms with Gasteiger partial charge in [0.25, 0.3) is 0 Å². The van der Waals surface area contributed by atoms with Gasteiger partial charge < -0.3 is 14.2 Å². The van der Waals surface area contributed by atoms with Crippen LogP contribution in [-0.2, 0) is 6.54 Å². The summed E-state index contributed by atoms with van der Waals surface area (Å²) in [6.45, 7) is 5.81. The Morgan fingerprint density at radius 1 is 1.07 bits per heavy atom. The van der Waals surface area contributed by atoms with Crippen molar-refractivity contribution in [3.8, 4) is 28.5 Å². The summed E-state index contributed by atoms with van der Waals surface area (Å²) in [6, 6.07) is 12.7. The summed E-state index contributed by atoms with van der Waals surface area (Å²) in [5.41, 5.74) is 5.47. The molecule has 1 fully saturated rings. The third-order valence-electron chi connectivity index (χ3n) is 5.64. The van der Waals surface area contributed by atoms with Gasteiger partial charge >= 0.3 is 0 Å². The molecule has 3 aromatic rings. The second kappa shape index (κ2) is 6.99. The van der Waals surface area contributed by atoms with E-state index in [1.54, 1.807) is 7.11 Å². The van der Waals surface area contributed by atoms with Gasteiger partial charge in [0.1, 0.15) is 0 Å². The van der Waals surface area contributed by atoms with Gasteiger partial charge in [0.2, 0.25) is 12.5 Å². The predicted octanol–water partition coefficient (Wildman–Crippen LogP) is 4.54. The van der Waals surface area contributed by atoms with Gasteiger partial charge in [0.15, 0.2) is 11.5 Å². The molecule has 1 saturated heterocycles. The van der Waals surface area contributed by atoms with Crippen molar-refractivity contribution in [1.29, 1.82) is 0 Å². The zero-order valence-corrected chi connectivity index (χ0v) is 16.3. The smallest absolute Gasteiger partial charge is 0.231 e. The molecule has 2 aliphatic heterocycles. The third kappa shape index (κ3) is 3.06. The number of nitrogens with zero attached hydrogens (tertiary/aromatic N) is 2. The fourth-order valence-corrected chi connectivity index (χ4v) is 4.16. The molecule has 5 heteroatoms. The van der Waals surface area contributed by atoms with Crippen LogP contribution < -0.4 is 14.2 Å². The van der Waals surface area contributed by atoms with E-state index in [1.807, 2.05) is 12.1 Å². The quantitative estimate of drug-likeness (QED) is 0.669. The third-order valence-corrected chi connectivity index (χ3v) is 5.64. The average Bonchev–Trinajstić information content (AvgIpc) is 3.39. The first-order valence-electron chi connectivity index (χ1n) is 9.82. The molecule has 144 valence electrons. The molecule has 0 aliphatic carbocycles. The molecule has 2 aromatic carbocycles. The Labute approximate surface area is 164 Å². The fraction of sp³-hybridized carbons (Fsp3) is 0.348. The largest absolute Gasteiger partial charge is 0.493 e. The first-order valence-corrected chi connectivity index (χ1v) is 9.82. The van der Waals surface area contributed by atoms with Gasteiger partial charge in [0.05, 0.1) is 18.3 Å². The average molecular weight is 376 g/mol. The highest BCUT2D eigenvalue weighted by Crippen LogP contribution is 2.44. The van der Waals surface area contributed by atoms with Crippen LogP contribution in [0.2, 0.25) is 0 Å². The number of benzene rings is 2. The number of rotatable bonds is 4. The van der Waals surface area contributed by atoms with Crippen molar-refractivity contribution in [1.82, 2.24) is 9.88 Å². The van der Waals surface area contributed by atoms with Crippen molar-refractivity contribution in [2.24, 2.45) is 0 Å². The maximum atomic E-state index is 5.57. The summed E-state index contributed by atoms with van der Waals surface area (Å²) >= 11 is 0. The van der Waals surface area contributed by atoms with Gasteiger partial charge in [-0.3, -0.25) is 4.90 Å². The van der Waals surface area contributed by atoms with E-state index in [2.05, 4.69) is 36.1 Å². The monoisotopic (exact) mass is 376 g/mol. The van der Waals surface area contributed by atoms with Gasteiger partial charge in [-0.1, -0.05) is 6.07 Å². The number of hydrogen-bond acceptors (Lipinski definition) is 5. The summed E-state index contributed by atoms with van der Waals surface area (Å²) in [5, 5.41) is 1.22. The summed E-state index contributed by atoms with van der Waals surface area (Å²) in [4.78, 5) is 7.44. The van der Waals surface area contributed by atoms with Crippen LogP contribution >= 0.6 is 0 Å². The van der Waals surface area contributed by atoms with E-state index in [0.717, 1.165) is 23.3 Å². The molecule has 2 aliphatic rings. The molecule has 0 atom stereocenters. The number of pyridine rings is 1. The number of aromatic nitrogens is 1.